The number of hydrogen-bond acceptors (Lipinski definition) is 5. The molecule has 0 saturated heterocycles. The number of nitrogens with one attached hydrogen (secondary N) is 1. The summed E-state index contributed by atoms with van der Waals surface area (Å²) in [6.45, 7) is 6.73. The minimum atomic E-state index is -0.312. The lowest BCUT2D eigenvalue weighted by atomic mass is 10.2. The van der Waals surface area contributed by atoms with E-state index < -0.39 is 0 Å². The first-order valence-corrected chi connectivity index (χ1v) is 8.20. The van der Waals surface area contributed by atoms with Gasteiger partial charge in [-0.15, -0.1) is 5.10 Å². The van der Waals surface area contributed by atoms with E-state index in [-0.39, 0.29) is 11.2 Å². The van der Waals surface area contributed by atoms with E-state index in [0.29, 0.717) is 21.8 Å². The molecule has 2 rings (SSSR count). The topological polar surface area (TPSA) is 72.7 Å². The molecule has 1 atom stereocenters. The lowest BCUT2D eigenvalue weighted by molar-refractivity contribution is -0.115. The molecule has 1 aromatic carbocycles. The monoisotopic (exact) mass is 339 g/mol. The van der Waals surface area contributed by atoms with Crippen LogP contribution in [0.3, 0.4) is 0 Å². The third-order valence-corrected chi connectivity index (χ3v) is 4.12. The molecular formula is C14H18ClN5OS. The van der Waals surface area contributed by atoms with Crippen LogP contribution in [0.4, 0.5) is 5.69 Å². The van der Waals surface area contributed by atoms with Crippen molar-refractivity contribution in [2.45, 2.75) is 37.7 Å². The summed E-state index contributed by atoms with van der Waals surface area (Å²) in [6, 6.07) is 7.00. The van der Waals surface area contributed by atoms with E-state index in [1.54, 1.807) is 28.9 Å². The summed E-state index contributed by atoms with van der Waals surface area (Å²) in [5.41, 5.74) is 0.712. The van der Waals surface area contributed by atoms with Crippen LogP contribution in [0.5, 0.6) is 0 Å². The predicted molar refractivity (Wildman–Crippen MR) is 88.1 cm³/mol. The molecule has 8 heteroatoms. The van der Waals surface area contributed by atoms with Crippen molar-refractivity contribution in [1.29, 1.82) is 0 Å². The Hall–Kier alpha value is -1.60. The van der Waals surface area contributed by atoms with Crippen LogP contribution >= 0.6 is 23.4 Å². The Bertz CT molecular complexity index is 628. The molecule has 1 amide bonds. The summed E-state index contributed by atoms with van der Waals surface area (Å²) >= 11 is 7.16. The quantitative estimate of drug-likeness (QED) is 0.819. The van der Waals surface area contributed by atoms with E-state index >= 15 is 0 Å². The van der Waals surface area contributed by atoms with Gasteiger partial charge in [-0.05, 0) is 47.5 Å². The normalized spacial score (nSPS) is 12.4. The van der Waals surface area contributed by atoms with Crippen LogP contribution in [-0.2, 0) is 11.3 Å². The van der Waals surface area contributed by atoms with Gasteiger partial charge in [0.1, 0.15) is 0 Å². The zero-order valence-electron chi connectivity index (χ0n) is 12.7. The zero-order chi connectivity index (χ0) is 16.1. The number of tetrazole rings is 1. The van der Waals surface area contributed by atoms with Crippen molar-refractivity contribution in [1.82, 2.24) is 20.2 Å². The number of amides is 1. The Morgan fingerprint density at radius 3 is 2.64 bits per heavy atom. The Morgan fingerprint density at radius 1 is 1.32 bits per heavy atom. The van der Waals surface area contributed by atoms with Crippen molar-refractivity contribution in [3.05, 3.63) is 29.3 Å². The molecule has 0 spiro atoms. The number of halogens is 1. The molecular weight excluding hydrogens is 322 g/mol. The highest BCUT2D eigenvalue weighted by atomic mass is 35.5. The minimum Gasteiger partial charge on any atom is -0.325 e. The molecule has 0 bridgehead atoms. The average Bonchev–Trinajstić information content (AvgIpc) is 2.87. The summed E-state index contributed by atoms with van der Waals surface area (Å²) in [5, 5.41) is 15.4. The molecule has 1 N–H and O–H groups in total. The smallest absolute Gasteiger partial charge is 0.237 e. The van der Waals surface area contributed by atoms with Crippen molar-refractivity contribution in [3.8, 4) is 0 Å². The third-order valence-electron chi connectivity index (χ3n) is 2.80. The van der Waals surface area contributed by atoms with Crippen LogP contribution < -0.4 is 5.32 Å². The molecule has 0 unspecified atom stereocenters. The maximum Gasteiger partial charge on any atom is 0.237 e. The van der Waals surface area contributed by atoms with Gasteiger partial charge in [0.05, 0.1) is 5.25 Å². The maximum absolute atomic E-state index is 12.2. The number of carbonyl (C=O) groups excluding carboxylic acids is 1. The Kier molecular flexibility index (Phi) is 5.79. The van der Waals surface area contributed by atoms with Gasteiger partial charge in [-0.1, -0.05) is 37.2 Å². The van der Waals surface area contributed by atoms with Crippen LogP contribution in [0.1, 0.15) is 20.8 Å². The lowest BCUT2D eigenvalue weighted by Crippen LogP contribution is -2.23. The van der Waals surface area contributed by atoms with Crippen LogP contribution in [0.15, 0.2) is 29.4 Å². The van der Waals surface area contributed by atoms with Gasteiger partial charge >= 0.3 is 0 Å². The van der Waals surface area contributed by atoms with Gasteiger partial charge in [-0.3, -0.25) is 4.79 Å². The Labute approximate surface area is 138 Å². The second kappa shape index (κ2) is 7.60. The first kappa shape index (κ1) is 16.8. The number of anilines is 1. The van der Waals surface area contributed by atoms with Gasteiger partial charge in [0.15, 0.2) is 0 Å². The van der Waals surface area contributed by atoms with E-state index in [0.717, 1.165) is 6.54 Å². The van der Waals surface area contributed by atoms with Crippen LogP contribution in [0, 0.1) is 5.92 Å². The molecule has 0 aliphatic rings. The predicted octanol–water partition coefficient (Wildman–Crippen LogP) is 3.10. The molecule has 1 heterocycles. The standard InChI is InChI=1S/C14H18ClN5OS/c1-9(2)8-20-14(17-18-19-20)22-10(3)13(21)16-12-6-4-11(15)5-7-12/h4-7,9-10H,8H2,1-3H3,(H,16,21)/t10-/m0/s1. The first-order valence-electron chi connectivity index (χ1n) is 6.95. The van der Waals surface area contributed by atoms with Crippen molar-refractivity contribution >= 4 is 35.0 Å². The van der Waals surface area contributed by atoms with Gasteiger partial charge in [0.25, 0.3) is 0 Å². The largest absolute Gasteiger partial charge is 0.325 e. The molecule has 6 nitrogen and oxygen atoms in total. The molecule has 22 heavy (non-hydrogen) atoms. The summed E-state index contributed by atoms with van der Waals surface area (Å²) < 4.78 is 1.72. The fourth-order valence-electron chi connectivity index (χ4n) is 1.73. The summed E-state index contributed by atoms with van der Waals surface area (Å²) in [6.07, 6.45) is 0. The van der Waals surface area contributed by atoms with E-state index in [1.165, 1.54) is 11.8 Å². The second-order valence-corrected chi connectivity index (χ2v) is 7.04. The number of hydrogen-bond donors (Lipinski definition) is 1. The maximum atomic E-state index is 12.2. The van der Waals surface area contributed by atoms with Gasteiger partial charge in [0.2, 0.25) is 11.1 Å². The Balaban J connectivity index is 1.96. The SMILES string of the molecule is CC(C)Cn1nnnc1S[C@@H](C)C(=O)Nc1ccc(Cl)cc1. The Morgan fingerprint density at radius 2 is 2.00 bits per heavy atom. The van der Waals surface area contributed by atoms with E-state index in [9.17, 15) is 4.79 Å². The number of benzene rings is 1. The molecule has 0 fully saturated rings. The fraction of sp³-hybridized carbons (Fsp3) is 0.429. The van der Waals surface area contributed by atoms with Crippen molar-refractivity contribution < 1.29 is 4.79 Å². The first-order chi connectivity index (χ1) is 10.5. The number of aromatic nitrogens is 4. The molecule has 2 aromatic rings. The van der Waals surface area contributed by atoms with Crippen molar-refractivity contribution in [2.75, 3.05) is 5.32 Å². The fourth-order valence-corrected chi connectivity index (χ4v) is 2.65. The highest BCUT2D eigenvalue weighted by Crippen LogP contribution is 2.22. The molecule has 0 aliphatic carbocycles. The third kappa shape index (κ3) is 4.71. The number of thioether (sulfide) groups is 1. The summed E-state index contributed by atoms with van der Waals surface area (Å²) in [4.78, 5) is 12.2. The number of nitrogens with zero attached hydrogens (tertiary/aromatic N) is 4. The van der Waals surface area contributed by atoms with Crippen LogP contribution in [0.2, 0.25) is 5.02 Å². The highest BCUT2D eigenvalue weighted by molar-refractivity contribution is 8.00. The molecule has 0 aliphatic heterocycles. The molecule has 0 radical (unpaired) electrons. The lowest BCUT2D eigenvalue weighted by Gasteiger charge is -2.12. The minimum absolute atomic E-state index is 0.105. The van der Waals surface area contributed by atoms with Crippen molar-refractivity contribution in [2.24, 2.45) is 5.92 Å². The van der Waals surface area contributed by atoms with Gasteiger partial charge in [-0.25, -0.2) is 4.68 Å². The summed E-state index contributed by atoms with van der Waals surface area (Å²) in [7, 11) is 0. The number of carbonyl (C=O) groups is 1. The van der Waals surface area contributed by atoms with E-state index in [2.05, 4.69) is 34.7 Å². The van der Waals surface area contributed by atoms with Gasteiger partial charge < -0.3 is 5.32 Å². The van der Waals surface area contributed by atoms with E-state index in [4.69, 9.17) is 11.6 Å². The van der Waals surface area contributed by atoms with E-state index in [1.807, 2.05) is 6.92 Å². The van der Waals surface area contributed by atoms with Crippen LogP contribution in [0.25, 0.3) is 0 Å². The highest BCUT2D eigenvalue weighted by Gasteiger charge is 2.19. The van der Waals surface area contributed by atoms with Gasteiger partial charge in [-0.2, -0.15) is 0 Å². The average molecular weight is 340 g/mol. The second-order valence-electron chi connectivity index (χ2n) is 5.29. The zero-order valence-corrected chi connectivity index (χ0v) is 14.2. The summed E-state index contributed by atoms with van der Waals surface area (Å²) in [5.74, 6) is 0.326. The molecule has 118 valence electrons. The van der Waals surface area contributed by atoms with Crippen LogP contribution in [-0.4, -0.2) is 31.4 Å². The van der Waals surface area contributed by atoms with Crippen molar-refractivity contribution in [3.63, 3.8) is 0 Å². The molecule has 0 saturated carbocycles. The molecule has 1 aromatic heterocycles. The number of rotatable bonds is 6. The van der Waals surface area contributed by atoms with Gasteiger partial charge in [0, 0.05) is 17.3 Å².